The summed E-state index contributed by atoms with van der Waals surface area (Å²) >= 11 is 0. The normalized spacial score (nSPS) is 15.7. The molecule has 6 nitrogen and oxygen atoms in total. The maximum Gasteiger partial charge on any atom is 0.141 e. The van der Waals surface area contributed by atoms with Crippen LogP contribution in [0.2, 0.25) is 0 Å². The summed E-state index contributed by atoms with van der Waals surface area (Å²) in [6, 6.07) is 13.3. The fraction of sp³-hybridized carbons (Fsp3) is 0.238. The molecule has 1 fully saturated rings. The predicted octanol–water partition coefficient (Wildman–Crippen LogP) is 3.69. The van der Waals surface area contributed by atoms with Crippen LogP contribution in [0, 0.1) is 5.41 Å². The molecule has 27 heavy (non-hydrogen) atoms. The first-order valence-electron chi connectivity index (χ1n) is 8.88. The smallest absolute Gasteiger partial charge is 0.141 e. The number of fused-ring (bicyclic) bond motifs is 2. The molecule has 0 spiro atoms. The Kier molecular flexibility index (Phi) is 3.55. The molecule has 0 bridgehead atoms. The van der Waals surface area contributed by atoms with Gasteiger partial charge in [-0.05, 0) is 36.4 Å². The van der Waals surface area contributed by atoms with Crippen molar-refractivity contribution in [2.45, 2.75) is 6.92 Å². The van der Waals surface area contributed by atoms with Gasteiger partial charge in [0, 0.05) is 23.1 Å². The van der Waals surface area contributed by atoms with E-state index in [0.717, 1.165) is 41.1 Å². The second-order valence-electron chi connectivity index (χ2n) is 7.36. The number of benzene rings is 2. The van der Waals surface area contributed by atoms with E-state index in [9.17, 15) is 5.11 Å². The molecule has 1 aliphatic heterocycles. The molecular formula is C21H19N3O3. The van der Waals surface area contributed by atoms with Crippen LogP contribution in [-0.2, 0) is 4.74 Å². The minimum Gasteiger partial charge on any atom is -0.506 e. The first-order valence-corrected chi connectivity index (χ1v) is 8.88. The molecule has 0 atom stereocenters. The number of ether oxygens (including phenoxy) is 2. The Hall–Kier alpha value is -3.12. The Labute approximate surface area is 156 Å². The lowest BCUT2D eigenvalue weighted by molar-refractivity contribution is -0.120. The number of phenols is 1. The molecule has 0 amide bonds. The molecule has 0 radical (unpaired) electrons. The molecule has 1 N–H and O–H groups in total. The minimum absolute atomic E-state index is 0.103. The van der Waals surface area contributed by atoms with Crippen molar-refractivity contribution < 1.29 is 14.6 Å². The number of rotatable bonds is 4. The third-order valence-electron chi connectivity index (χ3n) is 4.99. The maximum absolute atomic E-state index is 10.1. The van der Waals surface area contributed by atoms with Crippen molar-refractivity contribution in [1.82, 2.24) is 14.5 Å². The lowest BCUT2D eigenvalue weighted by Gasteiger charge is -2.37. The monoisotopic (exact) mass is 361 g/mol. The van der Waals surface area contributed by atoms with Gasteiger partial charge in [-0.15, -0.1) is 0 Å². The molecule has 1 saturated heterocycles. The van der Waals surface area contributed by atoms with Gasteiger partial charge in [0.25, 0.3) is 0 Å². The fourth-order valence-corrected chi connectivity index (χ4v) is 3.42. The van der Waals surface area contributed by atoms with E-state index in [1.54, 1.807) is 18.6 Å². The average molecular weight is 361 g/mol. The number of imidazole rings is 1. The SMILES string of the molecule is CC1(COc2ccc3c(c2)ncn3-c2ccc(O)c3ncccc23)COC1. The number of pyridine rings is 1. The van der Waals surface area contributed by atoms with E-state index in [-0.39, 0.29) is 11.2 Å². The first kappa shape index (κ1) is 16.1. The van der Waals surface area contributed by atoms with Crippen molar-refractivity contribution in [3.63, 3.8) is 0 Å². The van der Waals surface area contributed by atoms with Crippen LogP contribution >= 0.6 is 0 Å². The number of nitrogens with zero attached hydrogens (tertiary/aromatic N) is 3. The van der Waals surface area contributed by atoms with Gasteiger partial charge in [-0.3, -0.25) is 9.55 Å². The van der Waals surface area contributed by atoms with E-state index in [4.69, 9.17) is 9.47 Å². The number of aromatic nitrogens is 3. The largest absolute Gasteiger partial charge is 0.506 e. The van der Waals surface area contributed by atoms with Crippen molar-refractivity contribution in [2.75, 3.05) is 19.8 Å². The van der Waals surface area contributed by atoms with Crippen LogP contribution < -0.4 is 4.74 Å². The predicted molar refractivity (Wildman–Crippen MR) is 102 cm³/mol. The summed E-state index contributed by atoms with van der Waals surface area (Å²) < 4.78 is 13.2. The second kappa shape index (κ2) is 5.96. The molecule has 2 aromatic carbocycles. The van der Waals surface area contributed by atoms with Crippen molar-refractivity contribution in [1.29, 1.82) is 0 Å². The number of aromatic hydroxyl groups is 1. The van der Waals surface area contributed by atoms with E-state index < -0.39 is 0 Å². The van der Waals surface area contributed by atoms with E-state index in [0.29, 0.717) is 12.1 Å². The Morgan fingerprint density at radius 1 is 1.19 bits per heavy atom. The number of hydrogen-bond acceptors (Lipinski definition) is 5. The lowest BCUT2D eigenvalue weighted by atomic mass is 9.90. The van der Waals surface area contributed by atoms with Gasteiger partial charge < -0.3 is 14.6 Å². The molecular weight excluding hydrogens is 342 g/mol. The molecule has 0 aliphatic carbocycles. The molecule has 2 aromatic heterocycles. The molecule has 0 saturated carbocycles. The van der Waals surface area contributed by atoms with Crippen LogP contribution in [0.4, 0.5) is 0 Å². The minimum atomic E-state index is 0.103. The molecule has 6 heteroatoms. The Bertz CT molecular complexity index is 1150. The van der Waals surface area contributed by atoms with Crippen LogP contribution in [-0.4, -0.2) is 39.5 Å². The molecule has 4 aromatic rings. The summed E-state index contributed by atoms with van der Waals surface area (Å²) in [6.45, 7) is 4.28. The second-order valence-corrected chi connectivity index (χ2v) is 7.36. The molecule has 1 aliphatic rings. The standard InChI is InChI=1S/C21H19N3O3/c1-21(10-26-11-21)12-27-14-4-5-18-16(9-14)23-13-24(18)17-6-7-19(25)20-15(17)3-2-8-22-20/h2-9,13,25H,10-12H2,1H3. The van der Waals surface area contributed by atoms with Gasteiger partial charge >= 0.3 is 0 Å². The highest BCUT2D eigenvalue weighted by molar-refractivity contribution is 5.93. The van der Waals surface area contributed by atoms with Crippen LogP contribution in [0.15, 0.2) is 55.0 Å². The molecule has 3 heterocycles. The van der Waals surface area contributed by atoms with Gasteiger partial charge in [-0.1, -0.05) is 6.92 Å². The molecule has 136 valence electrons. The van der Waals surface area contributed by atoms with Crippen LogP contribution in [0.3, 0.4) is 0 Å². The summed E-state index contributed by atoms with van der Waals surface area (Å²) in [7, 11) is 0. The average Bonchev–Trinajstić information content (AvgIpc) is 3.08. The zero-order chi connectivity index (χ0) is 18.4. The van der Waals surface area contributed by atoms with Gasteiger partial charge in [-0.2, -0.15) is 0 Å². The summed E-state index contributed by atoms with van der Waals surface area (Å²) in [5.41, 5.74) is 3.43. The van der Waals surface area contributed by atoms with Crippen molar-refractivity contribution in [3.05, 3.63) is 55.0 Å². The number of phenolic OH excluding ortho intramolecular Hbond substituents is 1. The number of hydrogen-bond donors (Lipinski definition) is 1. The lowest BCUT2D eigenvalue weighted by Crippen LogP contribution is -2.44. The van der Waals surface area contributed by atoms with Gasteiger partial charge in [0.15, 0.2) is 0 Å². The Morgan fingerprint density at radius 3 is 2.89 bits per heavy atom. The van der Waals surface area contributed by atoms with Gasteiger partial charge in [-0.25, -0.2) is 4.98 Å². The van der Waals surface area contributed by atoms with Crippen molar-refractivity contribution in [2.24, 2.45) is 5.41 Å². The van der Waals surface area contributed by atoms with Crippen LogP contribution in [0.1, 0.15) is 6.92 Å². The third kappa shape index (κ3) is 2.69. The van der Waals surface area contributed by atoms with E-state index in [1.807, 2.05) is 41.0 Å². The van der Waals surface area contributed by atoms with Crippen LogP contribution in [0.5, 0.6) is 11.5 Å². The van der Waals surface area contributed by atoms with Gasteiger partial charge in [0.2, 0.25) is 0 Å². The quantitative estimate of drug-likeness (QED) is 0.600. The highest BCUT2D eigenvalue weighted by atomic mass is 16.5. The highest BCUT2D eigenvalue weighted by Crippen LogP contribution is 2.32. The highest BCUT2D eigenvalue weighted by Gasteiger charge is 2.34. The van der Waals surface area contributed by atoms with E-state index >= 15 is 0 Å². The summed E-state index contributed by atoms with van der Waals surface area (Å²) in [6.07, 6.45) is 3.46. The van der Waals surface area contributed by atoms with Crippen molar-refractivity contribution >= 4 is 21.9 Å². The van der Waals surface area contributed by atoms with E-state index in [1.165, 1.54) is 0 Å². The zero-order valence-electron chi connectivity index (χ0n) is 14.9. The molecule has 5 rings (SSSR count). The Morgan fingerprint density at radius 2 is 2.07 bits per heavy atom. The summed E-state index contributed by atoms with van der Waals surface area (Å²) in [4.78, 5) is 8.83. The summed E-state index contributed by atoms with van der Waals surface area (Å²) in [5, 5.41) is 11.0. The summed E-state index contributed by atoms with van der Waals surface area (Å²) in [5.74, 6) is 0.973. The Balaban J connectivity index is 1.53. The fourth-order valence-electron chi connectivity index (χ4n) is 3.42. The van der Waals surface area contributed by atoms with Gasteiger partial charge in [0.05, 0.1) is 36.5 Å². The van der Waals surface area contributed by atoms with Gasteiger partial charge in [0.1, 0.15) is 23.3 Å². The maximum atomic E-state index is 10.1. The first-order chi connectivity index (χ1) is 13.1. The third-order valence-corrected chi connectivity index (χ3v) is 4.99. The van der Waals surface area contributed by atoms with E-state index in [2.05, 4.69) is 16.9 Å². The van der Waals surface area contributed by atoms with Crippen molar-refractivity contribution in [3.8, 4) is 17.2 Å². The molecule has 0 unspecified atom stereocenters. The zero-order valence-corrected chi connectivity index (χ0v) is 14.9. The topological polar surface area (TPSA) is 69.4 Å². The van der Waals surface area contributed by atoms with Crippen LogP contribution in [0.25, 0.3) is 27.6 Å².